The average molecular weight is 204 g/mol. The second-order valence-electron chi connectivity index (χ2n) is 3.43. The molecule has 0 amide bonds. The van der Waals surface area contributed by atoms with Gasteiger partial charge in [-0.2, -0.15) is 0 Å². The third-order valence-electron chi connectivity index (χ3n) is 2.24. The van der Waals surface area contributed by atoms with E-state index in [4.69, 9.17) is 9.84 Å². The van der Waals surface area contributed by atoms with Gasteiger partial charge >= 0.3 is 0 Å². The Morgan fingerprint density at radius 2 is 1.87 bits per heavy atom. The summed E-state index contributed by atoms with van der Waals surface area (Å²) in [5.41, 5.74) is 1.08. The second kappa shape index (κ2) is 4.09. The van der Waals surface area contributed by atoms with Crippen LogP contribution >= 0.6 is 0 Å². The van der Waals surface area contributed by atoms with Crippen molar-refractivity contribution >= 4 is 0 Å². The molecular formula is C12H12O3. The largest absolute Gasteiger partial charge is 0.508 e. The lowest BCUT2D eigenvalue weighted by Gasteiger charge is -2.19. The topological polar surface area (TPSA) is 49.7 Å². The minimum absolute atomic E-state index is 0.0545. The minimum Gasteiger partial charge on any atom is -0.508 e. The van der Waals surface area contributed by atoms with Crippen LogP contribution in [-0.2, 0) is 11.2 Å². The zero-order valence-corrected chi connectivity index (χ0v) is 8.13. The van der Waals surface area contributed by atoms with Crippen LogP contribution in [-0.4, -0.2) is 16.3 Å². The van der Waals surface area contributed by atoms with E-state index in [0.29, 0.717) is 6.42 Å². The van der Waals surface area contributed by atoms with Gasteiger partial charge < -0.3 is 14.9 Å². The van der Waals surface area contributed by atoms with Crippen LogP contribution in [0.2, 0.25) is 0 Å². The van der Waals surface area contributed by atoms with Gasteiger partial charge in [0.2, 0.25) is 0 Å². The first-order valence-corrected chi connectivity index (χ1v) is 4.75. The number of ether oxygens (including phenoxy) is 1. The summed E-state index contributed by atoms with van der Waals surface area (Å²) in [5, 5.41) is 18.6. The third-order valence-corrected chi connectivity index (χ3v) is 2.24. The molecular weight excluding hydrogens is 192 g/mol. The lowest BCUT2D eigenvalue weighted by molar-refractivity contribution is 0.112. The standard InChI is InChI=1S/C12H12O3/c13-10-7-11(14)12(15-8-10)6-9-4-2-1-3-5-9/h1-5,7-8,12-14H,6H2. The van der Waals surface area contributed by atoms with Crippen LogP contribution < -0.4 is 0 Å². The molecule has 1 unspecified atom stereocenters. The van der Waals surface area contributed by atoms with Gasteiger partial charge in [-0.15, -0.1) is 0 Å². The van der Waals surface area contributed by atoms with Crippen molar-refractivity contribution in [1.82, 2.24) is 0 Å². The van der Waals surface area contributed by atoms with E-state index in [-0.39, 0.29) is 11.5 Å². The molecule has 1 heterocycles. The van der Waals surface area contributed by atoms with Crippen molar-refractivity contribution in [2.45, 2.75) is 12.5 Å². The summed E-state index contributed by atoms with van der Waals surface area (Å²) in [5.74, 6) is -0.00401. The van der Waals surface area contributed by atoms with Crippen LogP contribution in [0.4, 0.5) is 0 Å². The maximum Gasteiger partial charge on any atom is 0.159 e. The molecule has 2 rings (SSSR count). The van der Waals surface area contributed by atoms with Crippen LogP contribution in [0.3, 0.4) is 0 Å². The smallest absolute Gasteiger partial charge is 0.159 e. The molecule has 0 radical (unpaired) electrons. The van der Waals surface area contributed by atoms with Crippen molar-refractivity contribution in [2.75, 3.05) is 0 Å². The fourth-order valence-electron chi connectivity index (χ4n) is 1.48. The SMILES string of the molecule is OC1=COC(Cc2ccccc2)C(O)=C1. The molecule has 0 aliphatic carbocycles. The lowest BCUT2D eigenvalue weighted by atomic mass is 10.1. The first-order valence-electron chi connectivity index (χ1n) is 4.75. The summed E-state index contributed by atoms with van der Waals surface area (Å²) >= 11 is 0. The minimum atomic E-state index is -0.400. The molecule has 0 saturated carbocycles. The molecule has 0 aromatic heterocycles. The monoisotopic (exact) mass is 204 g/mol. The number of allylic oxidation sites excluding steroid dienone is 1. The molecule has 2 N–H and O–H groups in total. The van der Waals surface area contributed by atoms with E-state index in [1.807, 2.05) is 30.3 Å². The van der Waals surface area contributed by atoms with Gasteiger partial charge in [-0.3, -0.25) is 0 Å². The molecule has 1 aliphatic heterocycles. The van der Waals surface area contributed by atoms with Crippen molar-refractivity contribution in [2.24, 2.45) is 0 Å². The summed E-state index contributed by atoms with van der Waals surface area (Å²) in [6.07, 6.45) is 2.74. The van der Waals surface area contributed by atoms with E-state index in [0.717, 1.165) is 5.56 Å². The van der Waals surface area contributed by atoms with E-state index < -0.39 is 6.10 Å². The highest BCUT2D eigenvalue weighted by atomic mass is 16.5. The Balaban J connectivity index is 2.06. The van der Waals surface area contributed by atoms with Gasteiger partial charge in [0.05, 0.1) is 0 Å². The summed E-state index contributed by atoms with van der Waals surface area (Å²) in [6.45, 7) is 0. The van der Waals surface area contributed by atoms with Crippen molar-refractivity contribution in [3.05, 3.63) is 59.8 Å². The van der Waals surface area contributed by atoms with Gasteiger partial charge in [-0.25, -0.2) is 0 Å². The Morgan fingerprint density at radius 1 is 1.13 bits per heavy atom. The number of hydrogen-bond acceptors (Lipinski definition) is 3. The lowest BCUT2D eigenvalue weighted by Crippen LogP contribution is -2.19. The van der Waals surface area contributed by atoms with Crippen molar-refractivity contribution in [3.8, 4) is 0 Å². The highest BCUT2D eigenvalue weighted by molar-refractivity contribution is 5.23. The normalized spacial score (nSPS) is 20.1. The predicted molar refractivity (Wildman–Crippen MR) is 56.4 cm³/mol. The summed E-state index contributed by atoms with van der Waals surface area (Å²) in [4.78, 5) is 0. The van der Waals surface area contributed by atoms with Crippen molar-refractivity contribution in [1.29, 1.82) is 0 Å². The van der Waals surface area contributed by atoms with Gasteiger partial charge in [0.15, 0.2) is 11.9 Å². The van der Waals surface area contributed by atoms with E-state index in [2.05, 4.69) is 0 Å². The first kappa shape index (κ1) is 9.65. The second-order valence-corrected chi connectivity index (χ2v) is 3.43. The van der Waals surface area contributed by atoms with Crippen LogP contribution in [0, 0.1) is 0 Å². The molecule has 0 fully saturated rings. The van der Waals surface area contributed by atoms with Crippen molar-refractivity contribution in [3.63, 3.8) is 0 Å². The van der Waals surface area contributed by atoms with Crippen LogP contribution in [0.1, 0.15) is 5.56 Å². The molecule has 0 spiro atoms. The molecule has 0 saturated heterocycles. The first-order chi connectivity index (χ1) is 7.25. The average Bonchev–Trinajstić information content (AvgIpc) is 2.24. The van der Waals surface area contributed by atoms with Crippen molar-refractivity contribution < 1.29 is 14.9 Å². The van der Waals surface area contributed by atoms with E-state index in [9.17, 15) is 5.11 Å². The number of aliphatic hydroxyl groups is 2. The van der Waals surface area contributed by atoms with Gasteiger partial charge in [-0.05, 0) is 5.56 Å². The predicted octanol–water partition coefficient (Wildman–Crippen LogP) is 2.47. The maximum atomic E-state index is 9.54. The molecule has 1 aliphatic rings. The fourth-order valence-corrected chi connectivity index (χ4v) is 1.48. The number of hydrogen-bond donors (Lipinski definition) is 2. The highest BCUT2D eigenvalue weighted by Gasteiger charge is 2.18. The van der Waals surface area contributed by atoms with Crippen LogP contribution in [0.15, 0.2) is 54.2 Å². The zero-order valence-electron chi connectivity index (χ0n) is 8.13. The summed E-state index contributed by atoms with van der Waals surface area (Å²) in [7, 11) is 0. The summed E-state index contributed by atoms with van der Waals surface area (Å²) in [6, 6.07) is 9.74. The number of aliphatic hydroxyl groups excluding tert-OH is 2. The molecule has 0 bridgehead atoms. The van der Waals surface area contributed by atoms with E-state index in [1.165, 1.54) is 12.3 Å². The Kier molecular flexibility index (Phi) is 2.63. The molecule has 3 heteroatoms. The molecule has 15 heavy (non-hydrogen) atoms. The molecule has 1 aromatic carbocycles. The number of rotatable bonds is 2. The quantitative estimate of drug-likeness (QED) is 0.778. The van der Waals surface area contributed by atoms with Gasteiger partial charge in [0.1, 0.15) is 12.0 Å². The Hall–Kier alpha value is -1.90. The number of benzene rings is 1. The fraction of sp³-hybridized carbons (Fsp3) is 0.167. The van der Waals surface area contributed by atoms with Gasteiger partial charge in [0.25, 0.3) is 0 Å². The van der Waals surface area contributed by atoms with Crippen LogP contribution in [0.25, 0.3) is 0 Å². The van der Waals surface area contributed by atoms with E-state index >= 15 is 0 Å². The molecule has 78 valence electrons. The van der Waals surface area contributed by atoms with Gasteiger partial charge in [0, 0.05) is 12.5 Å². The Labute approximate surface area is 87.9 Å². The van der Waals surface area contributed by atoms with E-state index in [1.54, 1.807) is 0 Å². The van der Waals surface area contributed by atoms with Crippen LogP contribution in [0.5, 0.6) is 0 Å². The Bertz CT molecular complexity index is 393. The molecule has 1 aromatic rings. The van der Waals surface area contributed by atoms with Gasteiger partial charge in [-0.1, -0.05) is 30.3 Å². The zero-order chi connectivity index (χ0) is 10.7. The molecule has 3 nitrogen and oxygen atoms in total. The molecule has 1 atom stereocenters. The Morgan fingerprint density at radius 3 is 2.53 bits per heavy atom. The highest BCUT2D eigenvalue weighted by Crippen LogP contribution is 2.17. The maximum absolute atomic E-state index is 9.54. The summed E-state index contributed by atoms with van der Waals surface area (Å²) < 4.78 is 5.18. The third kappa shape index (κ3) is 2.31.